The van der Waals surface area contributed by atoms with Gasteiger partial charge in [0.1, 0.15) is 0 Å². The number of carbonyl (C=O) groups excluding carboxylic acids is 1. The summed E-state index contributed by atoms with van der Waals surface area (Å²) in [5, 5.41) is 6.11. The van der Waals surface area contributed by atoms with Crippen LogP contribution >= 0.6 is 11.3 Å². The molecule has 24 heavy (non-hydrogen) atoms. The van der Waals surface area contributed by atoms with Gasteiger partial charge >= 0.3 is 0 Å². The molecular weight excluding hydrogens is 324 g/mol. The summed E-state index contributed by atoms with van der Waals surface area (Å²) >= 11 is 1.61. The van der Waals surface area contributed by atoms with Crippen LogP contribution in [-0.2, 0) is 11.3 Å². The van der Waals surface area contributed by atoms with Crippen molar-refractivity contribution in [3.63, 3.8) is 0 Å². The lowest BCUT2D eigenvalue weighted by atomic mass is 10.0. The van der Waals surface area contributed by atoms with Crippen LogP contribution < -0.4 is 0 Å². The summed E-state index contributed by atoms with van der Waals surface area (Å²) in [4.78, 5) is 21.9. The first-order valence-electron chi connectivity index (χ1n) is 8.60. The molecule has 1 amide bonds. The fourth-order valence-electron chi connectivity index (χ4n) is 4.07. The second kappa shape index (κ2) is 6.64. The van der Waals surface area contributed by atoms with Gasteiger partial charge in [0.25, 0.3) is 0 Å². The lowest BCUT2D eigenvalue weighted by Gasteiger charge is -2.33. The molecule has 0 spiro atoms. The second-order valence-electron chi connectivity index (χ2n) is 6.59. The van der Waals surface area contributed by atoms with Crippen molar-refractivity contribution >= 4 is 17.2 Å². The lowest BCUT2D eigenvalue weighted by molar-refractivity contribution is -0.130. The quantitative estimate of drug-likeness (QED) is 0.852. The number of aromatic nitrogens is 2. The van der Waals surface area contributed by atoms with E-state index in [1.54, 1.807) is 18.3 Å². The van der Waals surface area contributed by atoms with Crippen molar-refractivity contribution in [2.45, 2.75) is 51.2 Å². The van der Waals surface area contributed by atoms with Crippen LogP contribution in [0, 0.1) is 0 Å². The van der Waals surface area contributed by atoms with Gasteiger partial charge in [0.2, 0.25) is 17.6 Å². The van der Waals surface area contributed by atoms with Crippen molar-refractivity contribution in [1.82, 2.24) is 19.9 Å². The van der Waals surface area contributed by atoms with Gasteiger partial charge in [-0.2, -0.15) is 4.98 Å². The molecule has 128 valence electrons. The molecule has 0 bridgehead atoms. The number of nitrogens with zero attached hydrogens (tertiary/aromatic N) is 4. The van der Waals surface area contributed by atoms with Crippen LogP contribution in [-0.4, -0.2) is 51.0 Å². The summed E-state index contributed by atoms with van der Waals surface area (Å²) in [6, 6.07) is 4.74. The van der Waals surface area contributed by atoms with Gasteiger partial charge in [-0.15, -0.1) is 11.3 Å². The number of thiophene rings is 1. The Bertz CT molecular complexity index is 699. The summed E-state index contributed by atoms with van der Waals surface area (Å²) in [5.74, 6) is 1.53. The number of likely N-dealkylation sites (tertiary alicyclic amines) is 2. The highest BCUT2D eigenvalue weighted by molar-refractivity contribution is 7.13. The molecule has 4 rings (SSSR count). The number of rotatable bonds is 4. The van der Waals surface area contributed by atoms with Crippen molar-refractivity contribution in [3.05, 3.63) is 23.4 Å². The molecule has 2 aromatic rings. The van der Waals surface area contributed by atoms with Gasteiger partial charge in [0.05, 0.1) is 11.4 Å². The molecule has 0 radical (unpaired) electrons. The van der Waals surface area contributed by atoms with E-state index in [1.807, 2.05) is 22.4 Å². The summed E-state index contributed by atoms with van der Waals surface area (Å²) in [7, 11) is 0. The smallest absolute Gasteiger partial charge is 0.241 e. The number of hydrogen-bond donors (Lipinski definition) is 0. The van der Waals surface area contributed by atoms with Crippen molar-refractivity contribution in [3.8, 4) is 10.7 Å². The predicted octanol–water partition coefficient (Wildman–Crippen LogP) is 2.77. The van der Waals surface area contributed by atoms with Gasteiger partial charge < -0.3 is 9.42 Å². The van der Waals surface area contributed by atoms with E-state index >= 15 is 0 Å². The van der Waals surface area contributed by atoms with Crippen molar-refractivity contribution < 1.29 is 9.32 Å². The Labute approximate surface area is 145 Å². The Kier molecular flexibility index (Phi) is 4.37. The predicted molar refractivity (Wildman–Crippen MR) is 91.5 cm³/mol. The van der Waals surface area contributed by atoms with Crippen molar-refractivity contribution in [1.29, 1.82) is 0 Å². The molecule has 2 atom stereocenters. The third-order valence-electron chi connectivity index (χ3n) is 5.11. The molecule has 7 heteroatoms. The van der Waals surface area contributed by atoms with Crippen LogP contribution in [0.1, 0.15) is 38.5 Å². The van der Waals surface area contributed by atoms with Gasteiger partial charge in [-0.1, -0.05) is 11.2 Å². The van der Waals surface area contributed by atoms with Crippen LogP contribution in [0.2, 0.25) is 0 Å². The van der Waals surface area contributed by atoms with Crippen LogP contribution in [0.4, 0.5) is 0 Å². The zero-order valence-corrected chi connectivity index (χ0v) is 14.7. The number of carbonyl (C=O) groups is 1. The molecule has 2 fully saturated rings. The SMILES string of the molecule is CC(=O)N1CCC[C@H]1[C@H]1CCCN1Cc1nc(-c2cccs2)no1. The van der Waals surface area contributed by atoms with E-state index in [-0.39, 0.29) is 5.91 Å². The van der Waals surface area contributed by atoms with Crippen molar-refractivity contribution in [2.24, 2.45) is 0 Å². The van der Waals surface area contributed by atoms with Gasteiger partial charge in [-0.25, -0.2) is 0 Å². The maximum atomic E-state index is 11.9. The third-order valence-corrected chi connectivity index (χ3v) is 5.98. The van der Waals surface area contributed by atoms with E-state index in [4.69, 9.17) is 4.52 Å². The maximum absolute atomic E-state index is 11.9. The van der Waals surface area contributed by atoms with E-state index in [0.717, 1.165) is 37.2 Å². The minimum absolute atomic E-state index is 0.196. The minimum atomic E-state index is 0.196. The Morgan fingerprint density at radius 1 is 1.33 bits per heavy atom. The van der Waals surface area contributed by atoms with Gasteiger partial charge in [-0.05, 0) is 43.7 Å². The fourth-order valence-corrected chi connectivity index (χ4v) is 4.72. The van der Waals surface area contributed by atoms with E-state index in [1.165, 1.54) is 6.42 Å². The van der Waals surface area contributed by atoms with Crippen LogP contribution in [0.25, 0.3) is 10.7 Å². The monoisotopic (exact) mass is 346 g/mol. The summed E-state index contributed by atoms with van der Waals surface area (Å²) in [6.07, 6.45) is 4.52. The van der Waals surface area contributed by atoms with Crippen molar-refractivity contribution in [2.75, 3.05) is 13.1 Å². The molecule has 2 aromatic heterocycles. The normalized spacial score (nSPS) is 24.8. The molecule has 0 unspecified atom stereocenters. The highest BCUT2D eigenvalue weighted by Gasteiger charge is 2.39. The molecule has 2 saturated heterocycles. The molecule has 2 aliphatic rings. The average molecular weight is 346 g/mol. The molecule has 6 nitrogen and oxygen atoms in total. The molecule has 0 aliphatic carbocycles. The summed E-state index contributed by atoms with van der Waals surface area (Å²) < 4.78 is 5.46. The molecule has 4 heterocycles. The van der Waals surface area contributed by atoms with E-state index < -0.39 is 0 Å². The Morgan fingerprint density at radius 3 is 2.96 bits per heavy atom. The topological polar surface area (TPSA) is 62.5 Å². The molecule has 0 saturated carbocycles. The Hall–Kier alpha value is -1.73. The second-order valence-corrected chi connectivity index (χ2v) is 7.54. The Balaban J connectivity index is 1.47. The van der Waals surface area contributed by atoms with Gasteiger partial charge in [0.15, 0.2) is 0 Å². The van der Waals surface area contributed by atoms with Gasteiger partial charge in [-0.3, -0.25) is 9.69 Å². The summed E-state index contributed by atoms with van der Waals surface area (Å²) in [5.41, 5.74) is 0. The molecule has 0 aromatic carbocycles. The van der Waals surface area contributed by atoms with Crippen LogP contribution in [0.15, 0.2) is 22.0 Å². The van der Waals surface area contributed by atoms with Gasteiger partial charge in [0, 0.05) is 25.6 Å². The fraction of sp³-hybridized carbons (Fsp3) is 0.588. The standard InChI is InChI=1S/C17H22N4O2S/c1-12(22)21-9-3-6-14(21)13-5-2-8-20(13)11-16-18-17(19-23-16)15-7-4-10-24-15/h4,7,10,13-14H,2-3,5-6,8-9,11H2,1H3/t13-,14+/m1/s1. The zero-order valence-electron chi connectivity index (χ0n) is 13.9. The first kappa shape index (κ1) is 15.8. The Morgan fingerprint density at radius 2 is 2.17 bits per heavy atom. The molecule has 2 aliphatic heterocycles. The average Bonchev–Trinajstić information content (AvgIpc) is 3.35. The number of hydrogen-bond acceptors (Lipinski definition) is 6. The minimum Gasteiger partial charge on any atom is -0.338 e. The van der Waals surface area contributed by atoms with E-state index in [2.05, 4.69) is 15.0 Å². The first-order valence-corrected chi connectivity index (χ1v) is 9.48. The zero-order chi connectivity index (χ0) is 16.5. The first-order chi connectivity index (χ1) is 11.7. The largest absolute Gasteiger partial charge is 0.338 e. The van der Waals surface area contributed by atoms with E-state index in [0.29, 0.717) is 30.3 Å². The van der Waals surface area contributed by atoms with E-state index in [9.17, 15) is 4.79 Å². The maximum Gasteiger partial charge on any atom is 0.241 e. The highest BCUT2D eigenvalue weighted by Crippen LogP contribution is 2.31. The molecule has 0 N–H and O–H groups in total. The lowest BCUT2D eigenvalue weighted by Crippen LogP contribution is -2.47. The third kappa shape index (κ3) is 2.98. The van der Waals surface area contributed by atoms with Crippen LogP contribution in [0.3, 0.4) is 0 Å². The van der Waals surface area contributed by atoms with Crippen LogP contribution in [0.5, 0.6) is 0 Å². The number of amides is 1. The summed E-state index contributed by atoms with van der Waals surface area (Å²) in [6.45, 7) is 4.28. The molecular formula is C17H22N4O2S. The highest BCUT2D eigenvalue weighted by atomic mass is 32.1.